The predicted octanol–water partition coefficient (Wildman–Crippen LogP) is 3.68. The number of nitrogens with one attached hydrogen (secondary N) is 1. The first-order valence-electron chi connectivity index (χ1n) is 8.88. The minimum Gasteiger partial charge on any atom is -0.357 e. The highest BCUT2D eigenvalue weighted by Gasteiger charge is 2.19. The van der Waals surface area contributed by atoms with Crippen LogP contribution in [0.3, 0.4) is 0 Å². The molecule has 0 radical (unpaired) electrons. The third kappa shape index (κ3) is 5.48. The van der Waals surface area contributed by atoms with E-state index in [0.717, 1.165) is 44.5 Å². The van der Waals surface area contributed by atoms with Gasteiger partial charge in [-0.1, -0.05) is 27.7 Å². The Bertz CT molecular complexity index is 507. The van der Waals surface area contributed by atoms with Crippen LogP contribution in [0, 0.1) is 5.92 Å². The van der Waals surface area contributed by atoms with Crippen LogP contribution in [0.4, 0.5) is 0 Å². The molecule has 0 spiro atoms. The summed E-state index contributed by atoms with van der Waals surface area (Å²) < 4.78 is 0. The molecule has 5 heteroatoms. The molecule has 0 unspecified atom stereocenters. The van der Waals surface area contributed by atoms with Gasteiger partial charge in [-0.25, -0.2) is 4.98 Å². The predicted molar refractivity (Wildman–Crippen MR) is 100 cm³/mol. The molecule has 1 aliphatic rings. The van der Waals surface area contributed by atoms with E-state index in [2.05, 4.69) is 50.2 Å². The zero-order valence-corrected chi connectivity index (χ0v) is 16.2. The summed E-state index contributed by atoms with van der Waals surface area (Å²) in [5.41, 5.74) is 1.33. The van der Waals surface area contributed by atoms with Crippen molar-refractivity contribution in [2.24, 2.45) is 10.9 Å². The van der Waals surface area contributed by atoms with Gasteiger partial charge in [-0.05, 0) is 25.7 Å². The van der Waals surface area contributed by atoms with Crippen molar-refractivity contribution in [1.29, 1.82) is 0 Å². The van der Waals surface area contributed by atoms with E-state index in [4.69, 9.17) is 9.98 Å². The van der Waals surface area contributed by atoms with Crippen molar-refractivity contribution >= 4 is 17.3 Å². The summed E-state index contributed by atoms with van der Waals surface area (Å²) in [6.07, 6.45) is 3.47. The quantitative estimate of drug-likeness (QED) is 0.673. The Hall–Kier alpha value is -1.10. The molecule has 1 aliphatic heterocycles. The number of aromatic nitrogens is 1. The molecule has 4 nitrogen and oxygen atoms in total. The number of hydrogen-bond acceptors (Lipinski definition) is 3. The number of rotatable bonds is 4. The molecular formula is C18H32N4S. The number of likely N-dealkylation sites (tertiary alicyclic amines) is 1. The average Bonchev–Trinajstić information content (AvgIpc) is 2.96. The third-order valence-corrected chi connectivity index (χ3v) is 5.23. The zero-order chi connectivity index (χ0) is 16.9. The van der Waals surface area contributed by atoms with Gasteiger partial charge in [-0.2, -0.15) is 0 Å². The summed E-state index contributed by atoms with van der Waals surface area (Å²) in [5.74, 6) is 1.92. The van der Waals surface area contributed by atoms with E-state index in [-0.39, 0.29) is 5.41 Å². The minimum absolute atomic E-state index is 0.136. The minimum atomic E-state index is 0.136. The number of thiazole rings is 1. The third-order valence-electron chi connectivity index (χ3n) is 4.33. The van der Waals surface area contributed by atoms with Crippen molar-refractivity contribution in [1.82, 2.24) is 15.2 Å². The van der Waals surface area contributed by atoms with Gasteiger partial charge in [0.1, 0.15) is 0 Å². The Balaban J connectivity index is 1.91. The van der Waals surface area contributed by atoms with Crippen molar-refractivity contribution in [3.05, 3.63) is 16.1 Å². The second kappa shape index (κ2) is 8.13. The van der Waals surface area contributed by atoms with Crippen molar-refractivity contribution in [2.45, 2.75) is 59.3 Å². The monoisotopic (exact) mass is 336 g/mol. The van der Waals surface area contributed by atoms with Crippen LogP contribution in [0.1, 0.15) is 58.2 Å². The summed E-state index contributed by atoms with van der Waals surface area (Å²) >= 11 is 1.76. The van der Waals surface area contributed by atoms with Crippen LogP contribution in [-0.2, 0) is 11.8 Å². The molecule has 1 aromatic heterocycles. The second-order valence-corrected chi connectivity index (χ2v) is 8.47. The smallest absolute Gasteiger partial charge is 0.193 e. The van der Waals surface area contributed by atoms with Gasteiger partial charge in [-0.15, -0.1) is 11.3 Å². The van der Waals surface area contributed by atoms with Crippen molar-refractivity contribution in [3.63, 3.8) is 0 Å². The lowest BCUT2D eigenvalue weighted by Gasteiger charge is -2.33. The fraction of sp³-hybridized carbons (Fsp3) is 0.778. The molecule has 0 bridgehead atoms. The van der Waals surface area contributed by atoms with Gasteiger partial charge in [0.2, 0.25) is 0 Å². The fourth-order valence-corrected chi connectivity index (χ4v) is 3.69. The molecule has 2 rings (SSSR count). The molecule has 0 aliphatic carbocycles. The number of aliphatic imine (C=N–C) groups is 1. The van der Waals surface area contributed by atoms with Crippen LogP contribution < -0.4 is 5.32 Å². The topological polar surface area (TPSA) is 40.5 Å². The highest BCUT2D eigenvalue weighted by molar-refractivity contribution is 7.09. The number of hydrogen-bond donors (Lipinski definition) is 1. The number of guanidine groups is 1. The highest BCUT2D eigenvalue weighted by atomic mass is 32.1. The SMILES string of the molecule is CCNC(=NCCc1nc(C(C)(C)C)cs1)N1CCC(C)CC1. The molecule has 1 saturated heterocycles. The lowest BCUT2D eigenvalue weighted by Crippen LogP contribution is -2.45. The maximum Gasteiger partial charge on any atom is 0.193 e. The number of nitrogens with zero attached hydrogens (tertiary/aromatic N) is 3. The van der Waals surface area contributed by atoms with Crippen LogP contribution in [-0.4, -0.2) is 42.0 Å². The Morgan fingerprint density at radius 3 is 2.65 bits per heavy atom. The summed E-state index contributed by atoms with van der Waals surface area (Å²) in [6, 6.07) is 0. The van der Waals surface area contributed by atoms with Crippen LogP contribution in [0.25, 0.3) is 0 Å². The lowest BCUT2D eigenvalue weighted by atomic mass is 9.93. The van der Waals surface area contributed by atoms with Gasteiger partial charge in [0.15, 0.2) is 5.96 Å². The summed E-state index contributed by atoms with van der Waals surface area (Å²) in [5, 5.41) is 6.83. The van der Waals surface area contributed by atoms with E-state index in [1.165, 1.54) is 23.5 Å². The Kier molecular flexibility index (Phi) is 6.45. The normalized spacial score (nSPS) is 17.6. The van der Waals surface area contributed by atoms with E-state index in [1.807, 2.05) is 0 Å². The Morgan fingerprint density at radius 2 is 2.09 bits per heavy atom. The van der Waals surface area contributed by atoms with Gasteiger partial charge in [-0.3, -0.25) is 4.99 Å². The average molecular weight is 337 g/mol. The summed E-state index contributed by atoms with van der Waals surface area (Å²) in [6.45, 7) is 15.1. The van der Waals surface area contributed by atoms with E-state index >= 15 is 0 Å². The van der Waals surface area contributed by atoms with E-state index < -0.39 is 0 Å². The molecule has 1 aromatic rings. The molecule has 0 saturated carbocycles. The van der Waals surface area contributed by atoms with Gasteiger partial charge in [0.25, 0.3) is 0 Å². The van der Waals surface area contributed by atoms with Crippen molar-refractivity contribution in [2.75, 3.05) is 26.2 Å². The maximum atomic E-state index is 4.83. The highest BCUT2D eigenvalue weighted by Crippen LogP contribution is 2.24. The standard InChI is InChI=1S/C18H32N4S/c1-6-19-17(22-11-8-14(2)9-12-22)20-10-7-16-21-15(13-23-16)18(3,4)5/h13-14H,6-12H2,1-5H3,(H,19,20). The molecular weight excluding hydrogens is 304 g/mol. The largest absolute Gasteiger partial charge is 0.357 e. The first-order chi connectivity index (χ1) is 10.9. The summed E-state index contributed by atoms with van der Waals surface area (Å²) in [7, 11) is 0. The molecule has 1 fully saturated rings. The summed E-state index contributed by atoms with van der Waals surface area (Å²) in [4.78, 5) is 12.0. The first-order valence-corrected chi connectivity index (χ1v) is 9.76. The van der Waals surface area contributed by atoms with Crippen molar-refractivity contribution < 1.29 is 0 Å². The van der Waals surface area contributed by atoms with E-state index in [1.54, 1.807) is 11.3 Å². The molecule has 130 valence electrons. The lowest BCUT2D eigenvalue weighted by molar-refractivity contribution is 0.273. The molecule has 2 heterocycles. The maximum absolute atomic E-state index is 4.83. The molecule has 0 aromatic carbocycles. The van der Waals surface area contributed by atoms with E-state index in [9.17, 15) is 0 Å². The Labute approximate surface area is 145 Å². The Morgan fingerprint density at radius 1 is 1.39 bits per heavy atom. The van der Waals surface area contributed by atoms with Crippen LogP contribution in [0.15, 0.2) is 10.4 Å². The number of piperidine rings is 1. The first kappa shape index (κ1) is 18.2. The van der Waals surface area contributed by atoms with Crippen LogP contribution >= 0.6 is 11.3 Å². The van der Waals surface area contributed by atoms with Crippen LogP contribution in [0.2, 0.25) is 0 Å². The van der Waals surface area contributed by atoms with Crippen molar-refractivity contribution in [3.8, 4) is 0 Å². The van der Waals surface area contributed by atoms with Gasteiger partial charge in [0, 0.05) is 43.4 Å². The zero-order valence-electron chi connectivity index (χ0n) is 15.4. The molecule has 0 amide bonds. The van der Waals surface area contributed by atoms with E-state index in [0.29, 0.717) is 0 Å². The second-order valence-electron chi connectivity index (χ2n) is 7.53. The molecule has 0 atom stereocenters. The molecule has 23 heavy (non-hydrogen) atoms. The van der Waals surface area contributed by atoms with Gasteiger partial charge >= 0.3 is 0 Å². The van der Waals surface area contributed by atoms with Gasteiger partial charge < -0.3 is 10.2 Å². The van der Waals surface area contributed by atoms with Gasteiger partial charge in [0.05, 0.1) is 10.7 Å². The fourth-order valence-electron chi connectivity index (χ4n) is 2.67. The molecule has 1 N–H and O–H groups in total. The van der Waals surface area contributed by atoms with Crippen LogP contribution in [0.5, 0.6) is 0 Å².